The topological polar surface area (TPSA) is 67.4 Å². The summed E-state index contributed by atoms with van der Waals surface area (Å²) in [7, 11) is 0. The summed E-state index contributed by atoms with van der Waals surface area (Å²) in [6.07, 6.45) is -0.628. The Morgan fingerprint density at radius 1 is 0.839 bits per heavy atom. The van der Waals surface area contributed by atoms with Gasteiger partial charge in [-0.25, -0.2) is 4.79 Å². The third-order valence-corrected chi connectivity index (χ3v) is 5.52. The molecule has 2 amide bonds. The third kappa shape index (κ3) is 7.19. The van der Waals surface area contributed by atoms with Gasteiger partial charge in [-0.3, -0.25) is 4.79 Å². The van der Waals surface area contributed by atoms with Crippen molar-refractivity contribution in [2.24, 2.45) is 0 Å². The van der Waals surface area contributed by atoms with Crippen molar-refractivity contribution >= 4 is 29.4 Å². The zero-order valence-electron chi connectivity index (χ0n) is 17.6. The summed E-state index contributed by atoms with van der Waals surface area (Å²) in [6, 6.07) is 27.0. The van der Waals surface area contributed by atoms with Gasteiger partial charge in [-0.05, 0) is 28.8 Å². The lowest BCUT2D eigenvalue weighted by Gasteiger charge is -2.20. The van der Waals surface area contributed by atoms with Crippen LogP contribution in [-0.4, -0.2) is 22.6 Å². The molecule has 1 unspecified atom stereocenters. The Bertz CT molecular complexity index is 977. The van der Waals surface area contributed by atoms with Crippen LogP contribution < -0.4 is 10.6 Å². The predicted octanol–water partition coefficient (Wildman–Crippen LogP) is 5.69. The lowest BCUT2D eigenvalue weighted by Crippen LogP contribution is -2.42. The number of rotatable bonds is 8. The van der Waals surface area contributed by atoms with Crippen LogP contribution in [0.3, 0.4) is 0 Å². The first-order valence-corrected chi connectivity index (χ1v) is 11.0. The second-order valence-corrected chi connectivity index (χ2v) is 8.89. The van der Waals surface area contributed by atoms with E-state index in [4.69, 9.17) is 4.74 Å². The number of nitrogens with one attached hydrogen (secondary N) is 2. The van der Waals surface area contributed by atoms with Crippen molar-refractivity contribution in [1.29, 1.82) is 0 Å². The van der Waals surface area contributed by atoms with E-state index in [9.17, 15) is 9.59 Å². The fraction of sp³-hybridized carbons (Fsp3) is 0.200. The fourth-order valence-corrected chi connectivity index (χ4v) is 3.78. The molecule has 3 aromatic rings. The molecule has 3 rings (SSSR count). The summed E-state index contributed by atoms with van der Waals surface area (Å²) in [6.45, 7) is 4.08. The average Bonchev–Trinajstić information content (AvgIpc) is 2.79. The van der Waals surface area contributed by atoms with Crippen molar-refractivity contribution in [3.8, 4) is 11.1 Å². The van der Waals surface area contributed by atoms with E-state index in [1.54, 1.807) is 0 Å². The summed E-state index contributed by atoms with van der Waals surface area (Å²) in [5.74, 6) is -0.303. The first-order valence-electron chi connectivity index (χ1n) is 10.1. The summed E-state index contributed by atoms with van der Waals surface area (Å²) >= 11 is 1.35. The third-order valence-electron chi connectivity index (χ3n) is 4.37. The number of thioether (sulfide) groups is 1. The maximum Gasteiger partial charge on any atom is 0.408 e. The molecule has 160 valence electrons. The second-order valence-electron chi connectivity index (χ2n) is 7.20. The molecule has 0 spiro atoms. The smallest absolute Gasteiger partial charge is 0.408 e. The van der Waals surface area contributed by atoms with Crippen molar-refractivity contribution in [2.75, 3.05) is 5.32 Å². The van der Waals surface area contributed by atoms with E-state index in [2.05, 4.69) is 10.6 Å². The van der Waals surface area contributed by atoms with Crippen LogP contribution in [0, 0.1) is 0 Å². The van der Waals surface area contributed by atoms with E-state index in [0.717, 1.165) is 16.7 Å². The van der Waals surface area contributed by atoms with E-state index in [1.807, 2.05) is 98.8 Å². The molecule has 0 saturated heterocycles. The minimum atomic E-state index is -0.767. The van der Waals surface area contributed by atoms with Crippen LogP contribution in [0.2, 0.25) is 0 Å². The van der Waals surface area contributed by atoms with Gasteiger partial charge in [-0.1, -0.05) is 86.6 Å². The van der Waals surface area contributed by atoms with Crippen LogP contribution in [-0.2, 0) is 16.1 Å². The van der Waals surface area contributed by atoms with Gasteiger partial charge >= 0.3 is 6.09 Å². The molecule has 6 heteroatoms. The van der Waals surface area contributed by atoms with Gasteiger partial charge in [0, 0.05) is 10.9 Å². The number of ether oxygens (including phenoxy) is 1. The molecule has 5 nitrogen and oxygen atoms in total. The van der Waals surface area contributed by atoms with E-state index in [-0.39, 0.29) is 17.8 Å². The van der Waals surface area contributed by atoms with Crippen LogP contribution in [0.1, 0.15) is 19.4 Å². The normalized spacial score (nSPS) is 11.6. The summed E-state index contributed by atoms with van der Waals surface area (Å²) in [5.41, 5.74) is 3.72. The van der Waals surface area contributed by atoms with Crippen molar-refractivity contribution in [2.45, 2.75) is 31.1 Å². The largest absolute Gasteiger partial charge is 0.445 e. The number of amides is 2. The van der Waals surface area contributed by atoms with E-state index in [1.165, 1.54) is 11.8 Å². The van der Waals surface area contributed by atoms with Gasteiger partial charge in [-0.2, -0.15) is 0 Å². The molecular weight excluding hydrogens is 408 g/mol. The summed E-state index contributed by atoms with van der Waals surface area (Å²) in [5, 5.41) is 4.92. The van der Waals surface area contributed by atoms with E-state index in [0.29, 0.717) is 5.69 Å². The molecule has 0 fully saturated rings. The lowest BCUT2D eigenvalue weighted by molar-refractivity contribution is -0.116. The van der Waals surface area contributed by atoms with E-state index < -0.39 is 11.5 Å². The Morgan fingerprint density at radius 3 is 2.03 bits per heavy atom. The Hall–Kier alpha value is -3.25. The minimum Gasteiger partial charge on any atom is -0.445 e. The number of hydrogen-bond donors (Lipinski definition) is 2. The van der Waals surface area contributed by atoms with Gasteiger partial charge in [-0.15, -0.1) is 11.8 Å². The Morgan fingerprint density at radius 2 is 1.42 bits per heavy atom. The van der Waals surface area contributed by atoms with Crippen LogP contribution in [0.15, 0.2) is 84.9 Å². The zero-order valence-corrected chi connectivity index (χ0v) is 18.4. The van der Waals surface area contributed by atoms with Gasteiger partial charge in [0.25, 0.3) is 5.91 Å². The average molecular weight is 435 g/mol. The van der Waals surface area contributed by atoms with Gasteiger partial charge < -0.3 is 15.4 Å². The standard InChI is InChI=1S/C25H26N2O3S/c1-18(2)31-24(27-25(29)30-17-19-9-5-3-6-10-19)23(28)26-22-15-13-21(14-16-22)20-11-7-4-8-12-20/h3-16,18,24H,17H2,1-2H3,(H,26,28)(H,27,29). The highest BCUT2D eigenvalue weighted by molar-refractivity contribution is 8.01. The molecule has 0 heterocycles. The highest BCUT2D eigenvalue weighted by Crippen LogP contribution is 2.22. The van der Waals surface area contributed by atoms with Gasteiger partial charge in [0.05, 0.1) is 0 Å². The molecule has 1 atom stereocenters. The van der Waals surface area contributed by atoms with Crippen molar-refractivity contribution in [3.05, 3.63) is 90.5 Å². The first-order chi connectivity index (χ1) is 15.0. The van der Waals surface area contributed by atoms with Gasteiger partial charge in [0.1, 0.15) is 6.61 Å². The molecule has 31 heavy (non-hydrogen) atoms. The van der Waals surface area contributed by atoms with Crippen LogP contribution in [0.5, 0.6) is 0 Å². The molecule has 3 aromatic carbocycles. The number of benzene rings is 3. The monoisotopic (exact) mass is 434 g/mol. The second kappa shape index (κ2) is 11.2. The Balaban J connectivity index is 1.59. The number of anilines is 1. The lowest BCUT2D eigenvalue weighted by atomic mass is 10.1. The van der Waals surface area contributed by atoms with Gasteiger partial charge in [0.2, 0.25) is 0 Å². The van der Waals surface area contributed by atoms with Crippen molar-refractivity contribution in [1.82, 2.24) is 5.32 Å². The molecule has 0 saturated carbocycles. The number of alkyl carbamates (subject to hydrolysis) is 1. The van der Waals surface area contributed by atoms with Gasteiger partial charge in [0.15, 0.2) is 5.37 Å². The fourth-order valence-electron chi connectivity index (χ4n) is 2.89. The molecular formula is C25H26N2O3S. The van der Waals surface area contributed by atoms with Crippen LogP contribution in [0.4, 0.5) is 10.5 Å². The Kier molecular flexibility index (Phi) is 8.12. The molecule has 0 aromatic heterocycles. The summed E-state index contributed by atoms with van der Waals surface area (Å²) in [4.78, 5) is 25.1. The SMILES string of the molecule is CC(C)SC(NC(=O)OCc1ccccc1)C(=O)Nc1ccc(-c2ccccc2)cc1. The van der Waals surface area contributed by atoms with Crippen molar-refractivity contribution in [3.63, 3.8) is 0 Å². The minimum absolute atomic E-state index is 0.144. The molecule has 0 aliphatic carbocycles. The first kappa shape index (κ1) is 22.4. The molecule has 2 N–H and O–H groups in total. The zero-order chi connectivity index (χ0) is 22.1. The van der Waals surface area contributed by atoms with Crippen molar-refractivity contribution < 1.29 is 14.3 Å². The quantitative estimate of drug-likeness (QED) is 0.447. The number of hydrogen-bond acceptors (Lipinski definition) is 4. The maximum atomic E-state index is 12.8. The molecule has 0 radical (unpaired) electrons. The van der Waals surface area contributed by atoms with Crippen LogP contribution in [0.25, 0.3) is 11.1 Å². The number of carbonyl (C=O) groups excluding carboxylic acids is 2. The van der Waals surface area contributed by atoms with E-state index >= 15 is 0 Å². The maximum absolute atomic E-state index is 12.8. The summed E-state index contributed by atoms with van der Waals surface area (Å²) < 4.78 is 5.26. The highest BCUT2D eigenvalue weighted by Gasteiger charge is 2.23. The Labute approximate surface area is 187 Å². The molecule has 0 aliphatic heterocycles. The highest BCUT2D eigenvalue weighted by atomic mass is 32.2. The number of carbonyl (C=O) groups is 2. The predicted molar refractivity (Wildman–Crippen MR) is 127 cm³/mol. The van der Waals surface area contributed by atoms with Crippen LogP contribution >= 0.6 is 11.8 Å². The molecule has 0 bridgehead atoms. The molecule has 0 aliphatic rings.